The molecule has 1 heterocycles. The molecule has 1 aliphatic carbocycles. The summed E-state index contributed by atoms with van der Waals surface area (Å²) in [4.78, 5) is 5.24. The summed E-state index contributed by atoms with van der Waals surface area (Å²) in [6.07, 6.45) is 7.35. The highest BCUT2D eigenvalue weighted by Crippen LogP contribution is 2.36. The molecule has 1 N–H and O–H groups in total. The molecule has 1 unspecified atom stereocenters. The van der Waals surface area contributed by atoms with Crippen LogP contribution in [0.1, 0.15) is 20.3 Å². The molecule has 0 fully saturated rings. The van der Waals surface area contributed by atoms with Crippen molar-refractivity contribution in [2.45, 2.75) is 25.8 Å². The number of nitrogens with zero attached hydrogens (tertiary/aromatic N) is 1. The fraction of sp³-hybridized carbons (Fsp3) is 0.500. The molecule has 0 saturated carbocycles. The first-order valence-corrected chi connectivity index (χ1v) is 5.27. The maximum atomic E-state index is 9.28. The summed E-state index contributed by atoms with van der Waals surface area (Å²) in [5.74, 6) is 0. The molecule has 70 valence electrons. The van der Waals surface area contributed by atoms with Crippen LogP contribution in [0.2, 0.25) is 0 Å². The number of hydrogen-bond donors (Lipinski definition) is 1. The van der Waals surface area contributed by atoms with Crippen molar-refractivity contribution >= 4 is 17.5 Å². The third kappa shape index (κ3) is 1.86. The van der Waals surface area contributed by atoms with Crippen molar-refractivity contribution in [2.75, 3.05) is 0 Å². The zero-order chi connectivity index (χ0) is 9.47. The molecule has 13 heavy (non-hydrogen) atoms. The first kappa shape index (κ1) is 9.03. The molecule has 3 heteroatoms. The second kappa shape index (κ2) is 3.00. The Kier molecular flexibility index (Phi) is 2.08. The molecule has 1 aliphatic heterocycles. The Morgan fingerprint density at radius 3 is 3.15 bits per heavy atom. The molecular weight excluding hydrogens is 182 g/mol. The van der Waals surface area contributed by atoms with Crippen LogP contribution in [-0.2, 0) is 0 Å². The number of allylic oxidation sites excluding steroid dienone is 4. The lowest BCUT2D eigenvalue weighted by Crippen LogP contribution is -2.04. The number of hydrogen-bond acceptors (Lipinski definition) is 3. The van der Waals surface area contributed by atoms with Crippen LogP contribution >= 0.6 is 11.8 Å². The third-order valence-corrected chi connectivity index (χ3v) is 3.19. The van der Waals surface area contributed by atoms with E-state index in [1.807, 2.05) is 6.08 Å². The van der Waals surface area contributed by atoms with Gasteiger partial charge in [-0.1, -0.05) is 37.8 Å². The molecule has 0 aromatic heterocycles. The summed E-state index contributed by atoms with van der Waals surface area (Å²) in [7, 11) is 0. The van der Waals surface area contributed by atoms with Crippen LogP contribution in [0.25, 0.3) is 0 Å². The van der Waals surface area contributed by atoms with E-state index in [0.717, 1.165) is 17.0 Å². The average molecular weight is 195 g/mol. The normalized spacial score (nSPS) is 30.5. The lowest BCUT2D eigenvalue weighted by atomic mass is 9.90. The third-order valence-electron chi connectivity index (χ3n) is 2.24. The van der Waals surface area contributed by atoms with E-state index in [-0.39, 0.29) is 5.41 Å². The van der Waals surface area contributed by atoms with E-state index >= 15 is 0 Å². The Labute approximate surface area is 82.4 Å². The highest BCUT2D eigenvalue weighted by atomic mass is 32.2. The largest absolute Gasteiger partial charge is 0.363 e. The number of fused-ring (bicyclic) bond motifs is 1. The van der Waals surface area contributed by atoms with Crippen LogP contribution < -0.4 is 0 Å². The van der Waals surface area contributed by atoms with Gasteiger partial charge in [0.05, 0.1) is 5.71 Å². The van der Waals surface area contributed by atoms with Gasteiger partial charge in [0.2, 0.25) is 0 Å². The maximum absolute atomic E-state index is 9.28. The van der Waals surface area contributed by atoms with E-state index in [4.69, 9.17) is 0 Å². The van der Waals surface area contributed by atoms with Gasteiger partial charge in [-0.05, 0) is 17.9 Å². The van der Waals surface area contributed by atoms with Gasteiger partial charge in [0, 0.05) is 4.91 Å². The molecule has 2 aliphatic rings. The quantitative estimate of drug-likeness (QED) is 0.643. The SMILES string of the molecule is CC1(C)C=CC2=NC(O)SC2=CC1. The minimum absolute atomic E-state index is 0.214. The zero-order valence-corrected chi connectivity index (χ0v) is 8.64. The molecule has 2 rings (SSSR count). The van der Waals surface area contributed by atoms with Gasteiger partial charge in [0.1, 0.15) is 0 Å². The van der Waals surface area contributed by atoms with E-state index < -0.39 is 5.56 Å². The predicted octanol–water partition coefficient (Wildman–Crippen LogP) is 2.32. The van der Waals surface area contributed by atoms with E-state index in [1.165, 1.54) is 11.8 Å². The Balaban J connectivity index is 2.33. The number of thioether (sulfide) groups is 1. The molecule has 0 amide bonds. The van der Waals surface area contributed by atoms with Gasteiger partial charge >= 0.3 is 0 Å². The summed E-state index contributed by atoms with van der Waals surface area (Å²) < 4.78 is 0. The van der Waals surface area contributed by atoms with Crippen molar-refractivity contribution in [2.24, 2.45) is 10.4 Å². The topological polar surface area (TPSA) is 32.6 Å². The second-order valence-corrected chi connectivity index (χ2v) is 5.15. The lowest BCUT2D eigenvalue weighted by molar-refractivity contribution is 0.277. The highest BCUT2D eigenvalue weighted by Gasteiger charge is 2.24. The molecule has 0 bridgehead atoms. The number of aliphatic hydroxyl groups is 1. The zero-order valence-electron chi connectivity index (χ0n) is 7.82. The fourth-order valence-corrected chi connectivity index (χ4v) is 2.20. The van der Waals surface area contributed by atoms with E-state index in [9.17, 15) is 5.11 Å². The number of aliphatic imine (C=N–C) groups is 1. The lowest BCUT2D eigenvalue weighted by Gasteiger charge is -2.15. The number of aliphatic hydroxyl groups excluding tert-OH is 1. The van der Waals surface area contributed by atoms with Crippen molar-refractivity contribution in [1.82, 2.24) is 0 Å². The van der Waals surface area contributed by atoms with E-state index in [1.54, 1.807) is 0 Å². The summed E-state index contributed by atoms with van der Waals surface area (Å²) in [6.45, 7) is 4.40. The molecular formula is C10H13NOS. The van der Waals surface area contributed by atoms with Crippen LogP contribution in [0.5, 0.6) is 0 Å². The van der Waals surface area contributed by atoms with Gasteiger partial charge in [0.25, 0.3) is 0 Å². The Hall–Kier alpha value is -0.540. The average Bonchev–Trinajstić information content (AvgIpc) is 2.34. The monoisotopic (exact) mass is 195 g/mol. The summed E-state index contributed by atoms with van der Waals surface area (Å²) in [6, 6.07) is 0. The molecule has 1 atom stereocenters. The van der Waals surface area contributed by atoms with Crippen molar-refractivity contribution < 1.29 is 5.11 Å². The summed E-state index contributed by atoms with van der Waals surface area (Å²) in [5, 5.41) is 9.28. The maximum Gasteiger partial charge on any atom is 0.198 e. The van der Waals surface area contributed by atoms with Crippen LogP contribution in [0.4, 0.5) is 0 Å². The van der Waals surface area contributed by atoms with Gasteiger partial charge in [-0.25, -0.2) is 4.99 Å². The molecule has 0 aromatic rings. The van der Waals surface area contributed by atoms with Crippen molar-refractivity contribution in [1.29, 1.82) is 0 Å². The van der Waals surface area contributed by atoms with Crippen molar-refractivity contribution in [3.05, 3.63) is 23.1 Å². The fourth-order valence-electron chi connectivity index (χ4n) is 1.39. The molecule has 0 aromatic carbocycles. The predicted molar refractivity (Wildman–Crippen MR) is 56.7 cm³/mol. The van der Waals surface area contributed by atoms with Crippen LogP contribution in [0.15, 0.2) is 28.1 Å². The Bertz CT molecular complexity index is 315. The molecule has 2 nitrogen and oxygen atoms in total. The molecule has 0 saturated heterocycles. The molecule has 0 radical (unpaired) electrons. The van der Waals surface area contributed by atoms with Crippen LogP contribution in [0, 0.1) is 5.41 Å². The van der Waals surface area contributed by atoms with Gasteiger partial charge in [-0.15, -0.1) is 0 Å². The van der Waals surface area contributed by atoms with Gasteiger partial charge in [0.15, 0.2) is 5.56 Å². The number of rotatable bonds is 0. The van der Waals surface area contributed by atoms with Crippen LogP contribution in [-0.4, -0.2) is 16.4 Å². The van der Waals surface area contributed by atoms with Crippen molar-refractivity contribution in [3.8, 4) is 0 Å². The van der Waals surface area contributed by atoms with Gasteiger partial charge in [-0.2, -0.15) is 0 Å². The smallest absolute Gasteiger partial charge is 0.198 e. The van der Waals surface area contributed by atoms with E-state index in [0.29, 0.717) is 0 Å². The van der Waals surface area contributed by atoms with Crippen molar-refractivity contribution in [3.63, 3.8) is 0 Å². The first-order valence-electron chi connectivity index (χ1n) is 4.39. The Morgan fingerprint density at radius 1 is 1.62 bits per heavy atom. The molecule has 0 spiro atoms. The minimum atomic E-state index is -0.591. The van der Waals surface area contributed by atoms with E-state index in [2.05, 4.69) is 31.0 Å². The summed E-state index contributed by atoms with van der Waals surface area (Å²) in [5.41, 5.74) is 0.556. The second-order valence-electron chi connectivity index (χ2n) is 4.05. The van der Waals surface area contributed by atoms with Gasteiger partial charge in [-0.3, -0.25) is 0 Å². The summed E-state index contributed by atoms with van der Waals surface area (Å²) >= 11 is 1.43. The van der Waals surface area contributed by atoms with Gasteiger partial charge < -0.3 is 5.11 Å². The minimum Gasteiger partial charge on any atom is -0.363 e. The highest BCUT2D eigenvalue weighted by molar-refractivity contribution is 8.04. The standard InChI is InChI=1S/C10H13NOS/c1-10(2)5-3-7-8(4-6-10)13-9(12)11-7/h3-5,9,12H,6H2,1-2H3. The first-order chi connectivity index (χ1) is 6.07. The van der Waals surface area contributed by atoms with Crippen LogP contribution in [0.3, 0.4) is 0 Å². The Morgan fingerprint density at radius 2 is 2.38 bits per heavy atom.